The van der Waals surface area contributed by atoms with E-state index in [1.165, 1.54) is 44.5 Å². The van der Waals surface area contributed by atoms with Gasteiger partial charge in [-0.05, 0) is 103 Å². The van der Waals surface area contributed by atoms with Crippen molar-refractivity contribution >= 4 is 0 Å². The Morgan fingerprint density at radius 1 is 0.222 bits per heavy atom. The van der Waals surface area contributed by atoms with Gasteiger partial charge in [0.05, 0.1) is 11.4 Å². The normalized spacial score (nSPS) is 13.5. The molecule has 2 aromatic heterocycles. The SMILES string of the molecule is CC1(C)c2ccccc2-c2ccc(-c3nc(-c4cccc(-c5cccc(-c6cc(-c7ccccc7)nc(-c7cccc(-c8ccccc8)c7)n6)c5)c4)nc(-c4ccc5c(c4)C(C)(C)c4ccccc4-5)n3)cc21. The van der Waals surface area contributed by atoms with Gasteiger partial charge >= 0.3 is 0 Å². The number of rotatable bonds is 8. The monoisotopic (exact) mass is 923 g/mol. The molecule has 2 heterocycles. The zero-order valence-electron chi connectivity index (χ0n) is 40.6. The fraction of sp³-hybridized carbons (Fsp3) is 0.0896. The summed E-state index contributed by atoms with van der Waals surface area (Å²) in [7, 11) is 0. The average Bonchev–Trinajstić information content (AvgIpc) is 3.82. The second-order valence-corrected chi connectivity index (χ2v) is 20.1. The minimum Gasteiger partial charge on any atom is -0.228 e. The summed E-state index contributed by atoms with van der Waals surface area (Å²) in [5.41, 5.74) is 21.8. The van der Waals surface area contributed by atoms with Crippen LogP contribution in [0.25, 0.3) is 113 Å². The maximum absolute atomic E-state index is 5.32. The lowest BCUT2D eigenvalue weighted by molar-refractivity contribution is 0.660. The Morgan fingerprint density at radius 2 is 0.556 bits per heavy atom. The summed E-state index contributed by atoms with van der Waals surface area (Å²) < 4.78 is 0. The first kappa shape index (κ1) is 43.1. The first-order valence-corrected chi connectivity index (χ1v) is 24.7. The highest BCUT2D eigenvalue weighted by molar-refractivity contribution is 5.86. The Balaban J connectivity index is 0.914. The molecule has 9 aromatic carbocycles. The first-order chi connectivity index (χ1) is 35.2. The molecule has 5 nitrogen and oxygen atoms in total. The van der Waals surface area contributed by atoms with Crippen LogP contribution >= 0.6 is 0 Å². The molecular weight excluding hydrogens is 875 g/mol. The van der Waals surface area contributed by atoms with E-state index >= 15 is 0 Å². The van der Waals surface area contributed by atoms with Crippen molar-refractivity contribution in [2.45, 2.75) is 38.5 Å². The minimum absolute atomic E-state index is 0.173. The van der Waals surface area contributed by atoms with Crippen molar-refractivity contribution in [3.63, 3.8) is 0 Å². The van der Waals surface area contributed by atoms with Crippen LogP contribution in [0.4, 0.5) is 0 Å². The average molecular weight is 924 g/mol. The molecule has 0 radical (unpaired) electrons. The fourth-order valence-electron chi connectivity index (χ4n) is 11.1. The van der Waals surface area contributed by atoms with E-state index in [2.05, 4.69) is 240 Å². The summed E-state index contributed by atoms with van der Waals surface area (Å²) in [5, 5.41) is 0. The van der Waals surface area contributed by atoms with E-state index in [-0.39, 0.29) is 10.8 Å². The molecule has 0 atom stereocenters. The van der Waals surface area contributed by atoms with Gasteiger partial charge in [-0.25, -0.2) is 24.9 Å². The summed E-state index contributed by atoms with van der Waals surface area (Å²) in [6.07, 6.45) is 0. The van der Waals surface area contributed by atoms with Crippen LogP contribution in [0, 0.1) is 0 Å². The van der Waals surface area contributed by atoms with Crippen molar-refractivity contribution in [3.8, 4) is 113 Å². The molecule has 0 bridgehead atoms. The number of aromatic nitrogens is 5. The summed E-state index contributed by atoms with van der Waals surface area (Å²) in [5.74, 6) is 2.57. The molecule has 0 saturated carbocycles. The van der Waals surface area contributed by atoms with Crippen LogP contribution in [0.2, 0.25) is 0 Å². The van der Waals surface area contributed by atoms with Gasteiger partial charge in [-0.3, -0.25) is 0 Å². The Bertz CT molecular complexity index is 3800. The van der Waals surface area contributed by atoms with E-state index in [0.29, 0.717) is 23.3 Å². The van der Waals surface area contributed by atoms with E-state index < -0.39 is 0 Å². The predicted molar refractivity (Wildman–Crippen MR) is 294 cm³/mol. The van der Waals surface area contributed by atoms with Gasteiger partial charge in [0.2, 0.25) is 0 Å². The molecule has 0 fully saturated rings. The molecule has 11 aromatic rings. The molecule has 0 aliphatic heterocycles. The zero-order valence-corrected chi connectivity index (χ0v) is 40.6. The Kier molecular flexibility index (Phi) is 10.1. The molecule has 2 aliphatic carbocycles. The second-order valence-electron chi connectivity index (χ2n) is 20.1. The number of nitrogens with zero attached hydrogens (tertiary/aromatic N) is 5. The molecule has 0 amide bonds. The number of fused-ring (bicyclic) bond motifs is 6. The number of benzene rings is 9. The van der Waals surface area contributed by atoms with Crippen molar-refractivity contribution in [1.82, 2.24) is 24.9 Å². The highest BCUT2D eigenvalue weighted by atomic mass is 15.0. The van der Waals surface area contributed by atoms with Crippen molar-refractivity contribution in [2.75, 3.05) is 0 Å². The lowest BCUT2D eigenvalue weighted by Crippen LogP contribution is -2.15. The summed E-state index contributed by atoms with van der Waals surface area (Å²) in [4.78, 5) is 26.4. The lowest BCUT2D eigenvalue weighted by atomic mass is 9.82. The zero-order chi connectivity index (χ0) is 48.6. The van der Waals surface area contributed by atoms with Crippen molar-refractivity contribution in [2.24, 2.45) is 0 Å². The quantitative estimate of drug-likeness (QED) is 0.152. The van der Waals surface area contributed by atoms with Crippen LogP contribution < -0.4 is 0 Å². The van der Waals surface area contributed by atoms with Gasteiger partial charge in [0, 0.05) is 44.2 Å². The molecule has 342 valence electrons. The molecule has 5 heteroatoms. The molecule has 72 heavy (non-hydrogen) atoms. The van der Waals surface area contributed by atoms with Gasteiger partial charge < -0.3 is 0 Å². The predicted octanol–water partition coefficient (Wildman–Crippen LogP) is 16.6. The van der Waals surface area contributed by atoms with Crippen LogP contribution in [0.1, 0.15) is 49.9 Å². The standard InChI is InChI=1S/C67H49N5/c1-66(2)56-30-13-11-28-52(56)54-34-32-50(39-58(54)66)64-70-63(71-65(72-64)51-33-35-55-53-29-12-14-31-57(53)67(3,4)59(55)40-51)49-27-17-24-46(38-49)45-23-15-25-47(36-45)61-41-60(43-20-9-6-10-21-43)68-62(69-61)48-26-16-22-44(37-48)42-18-7-5-8-19-42/h5-41H,1-4H3. The number of hydrogen-bond donors (Lipinski definition) is 0. The summed E-state index contributed by atoms with van der Waals surface area (Å²) in [6.45, 7) is 9.25. The molecule has 13 rings (SSSR count). The third kappa shape index (κ3) is 7.36. The number of hydrogen-bond acceptors (Lipinski definition) is 5. The molecule has 0 unspecified atom stereocenters. The van der Waals surface area contributed by atoms with Gasteiger partial charge in [0.25, 0.3) is 0 Å². The largest absolute Gasteiger partial charge is 0.228 e. The second kappa shape index (κ2) is 16.9. The third-order valence-corrected chi connectivity index (χ3v) is 15.0. The molecule has 0 spiro atoms. The molecule has 0 saturated heterocycles. The van der Waals surface area contributed by atoms with Crippen molar-refractivity contribution in [3.05, 3.63) is 247 Å². The van der Waals surface area contributed by atoms with Gasteiger partial charge in [-0.2, -0.15) is 0 Å². The van der Waals surface area contributed by atoms with Crippen LogP contribution in [0.5, 0.6) is 0 Å². The van der Waals surface area contributed by atoms with Crippen LogP contribution in [0.15, 0.2) is 224 Å². The molecular formula is C67H49N5. The molecule has 0 N–H and O–H groups in total. The highest BCUT2D eigenvalue weighted by Crippen LogP contribution is 2.51. The third-order valence-electron chi connectivity index (χ3n) is 15.0. The van der Waals surface area contributed by atoms with E-state index in [1.54, 1.807) is 0 Å². The van der Waals surface area contributed by atoms with Crippen LogP contribution in [-0.2, 0) is 10.8 Å². The topological polar surface area (TPSA) is 64.5 Å². The van der Waals surface area contributed by atoms with Gasteiger partial charge in [0.1, 0.15) is 0 Å². The van der Waals surface area contributed by atoms with Gasteiger partial charge in [-0.1, -0.05) is 216 Å². The Labute approximate surface area is 420 Å². The van der Waals surface area contributed by atoms with E-state index in [1.807, 2.05) is 12.1 Å². The fourth-order valence-corrected chi connectivity index (χ4v) is 11.1. The molecule has 2 aliphatic rings. The maximum Gasteiger partial charge on any atom is 0.164 e. The first-order valence-electron chi connectivity index (χ1n) is 24.7. The summed E-state index contributed by atoms with van der Waals surface area (Å²) >= 11 is 0. The minimum atomic E-state index is -0.173. The van der Waals surface area contributed by atoms with Crippen molar-refractivity contribution in [1.29, 1.82) is 0 Å². The van der Waals surface area contributed by atoms with Crippen molar-refractivity contribution < 1.29 is 0 Å². The Hall–Kier alpha value is -8.93. The van der Waals surface area contributed by atoms with Gasteiger partial charge in [0.15, 0.2) is 23.3 Å². The van der Waals surface area contributed by atoms with Crippen LogP contribution in [-0.4, -0.2) is 24.9 Å². The van der Waals surface area contributed by atoms with E-state index in [0.717, 1.165) is 67.0 Å². The smallest absolute Gasteiger partial charge is 0.164 e. The van der Waals surface area contributed by atoms with E-state index in [9.17, 15) is 0 Å². The highest BCUT2D eigenvalue weighted by Gasteiger charge is 2.37. The Morgan fingerprint density at radius 3 is 1.06 bits per heavy atom. The van der Waals surface area contributed by atoms with Crippen LogP contribution in [0.3, 0.4) is 0 Å². The lowest BCUT2D eigenvalue weighted by Gasteiger charge is -2.22. The van der Waals surface area contributed by atoms with Gasteiger partial charge in [-0.15, -0.1) is 0 Å². The summed E-state index contributed by atoms with van der Waals surface area (Å²) in [6, 6.07) is 79.5. The van der Waals surface area contributed by atoms with E-state index in [4.69, 9.17) is 24.9 Å². The maximum atomic E-state index is 5.32.